The molecule has 0 bridgehead atoms. The van der Waals surface area contributed by atoms with Crippen LogP contribution in [0, 0.1) is 5.82 Å². The predicted molar refractivity (Wildman–Crippen MR) is 98.3 cm³/mol. The number of ether oxygens (including phenoxy) is 1. The van der Waals surface area contributed by atoms with Crippen molar-refractivity contribution < 1.29 is 22.3 Å². The van der Waals surface area contributed by atoms with Gasteiger partial charge in [-0.1, -0.05) is 18.2 Å². The number of halogens is 1. The van der Waals surface area contributed by atoms with Gasteiger partial charge >= 0.3 is 0 Å². The Morgan fingerprint density at radius 3 is 2.44 bits per heavy atom. The summed E-state index contributed by atoms with van der Waals surface area (Å²) in [5.41, 5.74) is 0.796. The third-order valence-electron chi connectivity index (χ3n) is 4.49. The largest absolute Gasteiger partial charge is 0.370 e. The molecule has 3 rings (SSSR count). The van der Waals surface area contributed by atoms with Gasteiger partial charge in [-0.25, -0.2) is 17.1 Å². The van der Waals surface area contributed by atoms with E-state index in [1.165, 1.54) is 44.4 Å². The monoisotopic (exact) mass is 392 g/mol. The second kappa shape index (κ2) is 7.75. The SMILES string of the molecule is CN(C)S(=O)(=O)c1ccc(C(=O)N2CCOC(c3ccccc3F)C2)cc1. The molecule has 1 saturated heterocycles. The fourth-order valence-corrected chi connectivity index (χ4v) is 3.82. The lowest BCUT2D eigenvalue weighted by Gasteiger charge is -2.33. The number of hydrogen-bond acceptors (Lipinski definition) is 4. The molecule has 1 atom stereocenters. The van der Waals surface area contributed by atoms with Crippen molar-refractivity contribution in [2.45, 2.75) is 11.0 Å². The molecule has 8 heteroatoms. The normalized spacial score (nSPS) is 17.9. The summed E-state index contributed by atoms with van der Waals surface area (Å²) in [7, 11) is -0.648. The van der Waals surface area contributed by atoms with Gasteiger partial charge in [-0.2, -0.15) is 0 Å². The lowest BCUT2D eigenvalue weighted by Crippen LogP contribution is -2.42. The summed E-state index contributed by atoms with van der Waals surface area (Å²) in [6.45, 7) is 0.927. The molecule has 0 aliphatic carbocycles. The summed E-state index contributed by atoms with van der Waals surface area (Å²) in [5, 5.41) is 0. The molecular weight excluding hydrogens is 371 g/mol. The van der Waals surface area contributed by atoms with Crippen LogP contribution in [0.25, 0.3) is 0 Å². The van der Waals surface area contributed by atoms with Gasteiger partial charge in [0.25, 0.3) is 5.91 Å². The number of morpholine rings is 1. The Kier molecular flexibility index (Phi) is 5.59. The smallest absolute Gasteiger partial charge is 0.254 e. The molecule has 0 aromatic heterocycles. The molecule has 1 aliphatic heterocycles. The number of benzene rings is 2. The maximum Gasteiger partial charge on any atom is 0.254 e. The molecule has 1 unspecified atom stereocenters. The van der Waals surface area contributed by atoms with E-state index in [2.05, 4.69) is 0 Å². The van der Waals surface area contributed by atoms with Crippen molar-refractivity contribution in [3.8, 4) is 0 Å². The van der Waals surface area contributed by atoms with E-state index in [1.807, 2.05) is 0 Å². The van der Waals surface area contributed by atoms with Crippen molar-refractivity contribution in [2.24, 2.45) is 0 Å². The van der Waals surface area contributed by atoms with E-state index in [0.717, 1.165) is 4.31 Å². The van der Waals surface area contributed by atoms with Gasteiger partial charge in [0, 0.05) is 31.8 Å². The van der Waals surface area contributed by atoms with Gasteiger partial charge in [0.15, 0.2) is 0 Å². The number of carbonyl (C=O) groups is 1. The van der Waals surface area contributed by atoms with Crippen molar-refractivity contribution in [3.05, 3.63) is 65.5 Å². The zero-order valence-electron chi connectivity index (χ0n) is 15.1. The third-order valence-corrected chi connectivity index (χ3v) is 6.31. The molecule has 144 valence electrons. The van der Waals surface area contributed by atoms with Gasteiger partial charge in [0.1, 0.15) is 11.9 Å². The first-order valence-corrected chi connectivity index (χ1v) is 9.92. The minimum absolute atomic E-state index is 0.121. The Bertz CT molecular complexity index is 929. The van der Waals surface area contributed by atoms with E-state index >= 15 is 0 Å². The van der Waals surface area contributed by atoms with Crippen molar-refractivity contribution in [3.63, 3.8) is 0 Å². The predicted octanol–water partition coefficient (Wildman–Crippen LogP) is 2.29. The summed E-state index contributed by atoms with van der Waals surface area (Å²) in [6, 6.07) is 12.2. The maximum atomic E-state index is 14.0. The Labute approximate surface area is 158 Å². The van der Waals surface area contributed by atoms with Crippen LogP contribution < -0.4 is 0 Å². The van der Waals surface area contributed by atoms with E-state index in [9.17, 15) is 17.6 Å². The first-order chi connectivity index (χ1) is 12.8. The molecule has 2 aromatic carbocycles. The van der Waals surface area contributed by atoms with Crippen LogP contribution in [0.5, 0.6) is 0 Å². The Morgan fingerprint density at radius 1 is 1.15 bits per heavy atom. The highest BCUT2D eigenvalue weighted by molar-refractivity contribution is 7.89. The van der Waals surface area contributed by atoms with Gasteiger partial charge in [0.05, 0.1) is 18.0 Å². The number of carbonyl (C=O) groups excluding carboxylic acids is 1. The number of amides is 1. The number of sulfonamides is 1. The summed E-state index contributed by atoms with van der Waals surface area (Å²) < 4.78 is 45.0. The molecule has 0 radical (unpaired) electrons. The molecule has 2 aromatic rings. The van der Waals surface area contributed by atoms with Crippen LogP contribution in [-0.2, 0) is 14.8 Å². The minimum Gasteiger partial charge on any atom is -0.370 e. The Balaban J connectivity index is 1.77. The average molecular weight is 392 g/mol. The molecule has 0 saturated carbocycles. The zero-order chi connectivity index (χ0) is 19.6. The van der Waals surface area contributed by atoms with E-state index in [-0.39, 0.29) is 23.2 Å². The van der Waals surface area contributed by atoms with Crippen molar-refractivity contribution in [1.29, 1.82) is 0 Å². The van der Waals surface area contributed by atoms with Gasteiger partial charge < -0.3 is 9.64 Å². The van der Waals surface area contributed by atoms with Crippen LogP contribution in [0.1, 0.15) is 22.0 Å². The van der Waals surface area contributed by atoms with Crippen LogP contribution in [-0.4, -0.2) is 57.3 Å². The Hall–Kier alpha value is -2.29. The fraction of sp³-hybridized carbons (Fsp3) is 0.316. The quantitative estimate of drug-likeness (QED) is 0.801. The average Bonchev–Trinajstić information content (AvgIpc) is 2.68. The number of hydrogen-bond donors (Lipinski definition) is 0. The summed E-state index contributed by atoms with van der Waals surface area (Å²) in [4.78, 5) is 14.5. The van der Waals surface area contributed by atoms with Crippen LogP contribution in [0.15, 0.2) is 53.4 Å². The van der Waals surface area contributed by atoms with E-state index in [1.54, 1.807) is 23.1 Å². The second-order valence-electron chi connectivity index (χ2n) is 6.44. The highest BCUT2D eigenvalue weighted by Crippen LogP contribution is 2.25. The maximum absolute atomic E-state index is 14.0. The molecule has 1 fully saturated rings. The van der Waals surface area contributed by atoms with Crippen molar-refractivity contribution in [2.75, 3.05) is 33.8 Å². The van der Waals surface area contributed by atoms with Crippen molar-refractivity contribution in [1.82, 2.24) is 9.21 Å². The molecule has 27 heavy (non-hydrogen) atoms. The first kappa shape index (κ1) is 19.5. The molecule has 1 aliphatic rings. The van der Waals surface area contributed by atoms with Gasteiger partial charge in [-0.15, -0.1) is 0 Å². The number of rotatable bonds is 4. The van der Waals surface area contributed by atoms with E-state index < -0.39 is 16.1 Å². The van der Waals surface area contributed by atoms with Gasteiger partial charge in [-0.3, -0.25) is 4.79 Å². The standard InChI is InChI=1S/C19H21FN2O4S/c1-21(2)27(24,25)15-9-7-14(8-10-15)19(23)22-11-12-26-18(13-22)16-5-3-4-6-17(16)20/h3-10,18H,11-13H2,1-2H3. The second-order valence-corrected chi connectivity index (χ2v) is 8.60. The van der Waals surface area contributed by atoms with Crippen LogP contribution >= 0.6 is 0 Å². The first-order valence-electron chi connectivity index (χ1n) is 8.48. The zero-order valence-corrected chi connectivity index (χ0v) is 15.9. The lowest BCUT2D eigenvalue weighted by atomic mass is 10.1. The molecule has 0 spiro atoms. The van der Waals surface area contributed by atoms with Gasteiger partial charge in [0.2, 0.25) is 10.0 Å². The lowest BCUT2D eigenvalue weighted by molar-refractivity contribution is -0.0243. The fourth-order valence-electron chi connectivity index (χ4n) is 2.92. The molecule has 1 amide bonds. The molecule has 6 nitrogen and oxygen atoms in total. The van der Waals surface area contributed by atoms with E-state index in [0.29, 0.717) is 24.3 Å². The Morgan fingerprint density at radius 2 is 1.81 bits per heavy atom. The topological polar surface area (TPSA) is 66.9 Å². The summed E-state index contributed by atoms with van der Waals surface area (Å²) in [5.74, 6) is -0.608. The third kappa shape index (κ3) is 4.02. The van der Waals surface area contributed by atoms with Gasteiger partial charge in [-0.05, 0) is 30.3 Å². The molecule has 1 heterocycles. The highest BCUT2D eigenvalue weighted by Gasteiger charge is 2.28. The van der Waals surface area contributed by atoms with Crippen LogP contribution in [0.2, 0.25) is 0 Å². The summed E-state index contributed by atoms with van der Waals surface area (Å²) >= 11 is 0. The van der Waals surface area contributed by atoms with Crippen LogP contribution in [0.3, 0.4) is 0 Å². The van der Waals surface area contributed by atoms with Crippen molar-refractivity contribution >= 4 is 15.9 Å². The molecular formula is C19H21FN2O4S. The van der Waals surface area contributed by atoms with Crippen LogP contribution in [0.4, 0.5) is 4.39 Å². The minimum atomic E-state index is -3.55. The highest BCUT2D eigenvalue weighted by atomic mass is 32.2. The number of nitrogens with zero attached hydrogens (tertiary/aromatic N) is 2. The van der Waals surface area contributed by atoms with E-state index in [4.69, 9.17) is 4.74 Å². The summed E-state index contributed by atoms with van der Waals surface area (Å²) in [6.07, 6.45) is -0.530. The molecule has 0 N–H and O–H groups in total.